The third-order valence-electron chi connectivity index (χ3n) is 5.43. The summed E-state index contributed by atoms with van der Waals surface area (Å²) in [5, 5.41) is 3.44. The highest BCUT2D eigenvalue weighted by Crippen LogP contribution is 2.37. The molecule has 3 aliphatic heterocycles. The number of carbonyl (C=O) groups is 2. The van der Waals surface area contributed by atoms with Crippen LogP contribution in [0.5, 0.6) is 0 Å². The Morgan fingerprint density at radius 1 is 0.909 bits per heavy atom. The fourth-order valence-corrected chi connectivity index (χ4v) is 3.80. The lowest BCUT2D eigenvalue weighted by molar-refractivity contribution is -0.140. The van der Waals surface area contributed by atoms with Gasteiger partial charge in [0.2, 0.25) is 11.8 Å². The fraction of sp³-hybridized carbons (Fsp3) is 0.875. The number of carbonyl (C=O) groups excluding carboxylic acids is 2. The fourth-order valence-electron chi connectivity index (χ4n) is 3.80. The van der Waals surface area contributed by atoms with Crippen molar-refractivity contribution in [3.63, 3.8) is 0 Å². The monoisotopic (exact) mass is 309 g/mol. The first-order valence-electron chi connectivity index (χ1n) is 8.53. The van der Waals surface area contributed by atoms with Crippen LogP contribution in [0.3, 0.4) is 0 Å². The summed E-state index contributed by atoms with van der Waals surface area (Å²) in [6.07, 6.45) is 4.13. The Balaban J connectivity index is 1.40. The summed E-state index contributed by atoms with van der Waals surface area (Å²) in [5.41, 5.74) is 0.431. The van der Waals surface area contributed by atoms with E-state index < -0.39 is 0 Å². The van der Waals surface area contributed by atoms with Crippen molar-refractivity contribution in [1.82, 2.24) is 15.1 Å². The van der Waals surface area contributed by atoms with Crippen LogP contribution < -0.4 is 5.32 Å². The summed E-state index contributed by atoms with van der Waals surface area (Å²) in [6, 6.07) is 0. The van der Waals surface area contributed by atoms with E-state index in [1.165, 1.54) is 6.42 Å². The van der Waals surface area contributed by atoms with Gasteiger partial charge < -0.3 is 19.9 Å². The molecule has 1 spiro atoms. The molecule has 2 amide bonds. The van der Waals surface area contributed by atoms with E-state index in [-0.39, 0.29) is 11.8 Å². The molecule has 0 unspecified atom stereocenters. The van der Waals surface area contributed by atoms with Crippen LogP contribution in [0, 0.1) is 5.41 Å². The first-order chi connectivity index (χ1) is 10.7. The molecule has 3 saturated heterocycles. The summed E-state index contributed by atoms with van der Waals surface area (Å²) in [4.78, 5) is 28.2. The molecule has 3 heterocycles. The molecule has 22 heavy (non-hydrogen) atoms. The molecule has 0 radical (unpaired) electrons. The topological polar surface area (TPSA) is 61.9 Å². The maximum Gasteiger partial charge on any atom is 0.223 e. The van der Waals surface area contributed by atoms with Gasteiger partial charge in [-0.2, -0.15) is 0 Å². The maximum atomic E-state index is 12.3. The van der Waals surface area contributed by atoms with Gasteiger partial charge in [-0.25, -0.2) is 0 Å². The number of amides is 2. The van der Waals surface area contributed by atoms with Gasteiger partial charge in [-0.3, -0.25) is 9.59 Å². The summed E-state index contributed by atoms with van der Waals surface area (Å²) in [6.45, 7) is 6.47. The predicted octanol–water partition coefficient (Wildman–Crippen LogP) is 0.228. The van der Waals surface area contributed by atoms with Gasteiger partial charge in [0, 0.05) is 45.6 Å². The summed E-state index contributed by atoms with van der Waals surface area (Å²) in [5.74, 6) is 0.229. The van der Waals surface area contributed by atoms with E-state index in [0.29, 0.717) is 44.6 Å². The molecule has 0 aromatic heterocycles. The van der Waals surface area contributed by atoms with Gasteiger partial charge >= 0.3 is 0 Å². The first-order valence-corrected chi connectivity index (χ1v) is 8.53. The van der Waals surface area contributed by atoms with E-state index in [9.17, 15) is 9.59 Å². The van der Waals surface area contributed by atoms with Crippen molar-refractivity contribution >= 4 is 11.8 Å². The van der Waals surface area contributed by atoms with Crippen LogP contribution in [-0.2, 0) is 14.3 Å². The van der Waals surface area contributed by atoms with E-state index in [0.717, 1.165) is 39.0 Å². The Kier molecular flexibility index (Phi) is 4.98. The van der Waals surface area contributed by atoms with Gasteiger partial charge in [0.1, 0.15) is 0 Å². The Hall–Kier alpha value is -1.14. The molecule has 0 aromatic rings. The number of piperidine rings is 1. The number of ether oxygens (including phenoxy) is 1. The second-order valence-electron chi connectivity index (χ2n) is 6.80. The highest BCUT2D eigenvalue weighted by atomic mass is 16.5. The smallest absolute Gasteiger partial charge is 0.223 e. The van der Waals surface area contributed by atoms with Gasteiger partial charge in [-0.15, -0.1) is 0 Å². The van der Waals surface area contributed by atoms with E-state index in [2.05, 4.69) is 5.32 Å². The van der Waals surface area contributed by atoms with Crippen LogP contribution in [0.1, 0.15) is 32.1 Å². The molecular weight excluding hydrogens is 282 g/mol. The van der Waals surface area contributed by atoms with Crippen LogP contribution >= 0.6 is 0 Å². The first kappa shape index (κ1) is 15.7. The van der Waals surface area contributed by atoms with Crippen molar-refractivity contribution in [2.75, 3.05) is 52.5 Å². The molecule has 0 bridgehead atoms. The number of hydrogen-bond donors (Lipinski definition) is 1. The van der Waals surface area contributed by atoms with Crippen molar-refractivity contribution in [2.45, 2.75) is 32.1 Å². The zero-order valence-electron chi connectivity index (χ0n) is 13.3. The normalized spacial score (nSPS) is 24.7. The molecule has 3 rings (SSSR count). The lowest BCUT2D eigenvalue weighted by Crippen LogP contribution is -2.44. The third-order valence-corrected chi connectivity index (χ3v) is 5.43. The molecule has 124 valence electrons. The number of likely N-dealkylation sites (tertiary alicyclic amines) is 1. The highest BCUT2D eigenvalue weighted by molar-refractivity contribution is 5.84. The lowest BCUT2D eigenvalue weighted by Gasteiger charge is -2.39. The van der Waals surface area contributed by atoms with Crippen LogP contribution in [0.4, 0.5) is 0 Å². The number of morpholine rings is 1. The Morgan fingerprint density at radius 2 is 1.50 bits per heavy atom. The average molecular weight is 309 g/mol. The minimum atomic E-state index is 0.0881. The Bertz CT molecular complexity index is 405. The van der Waals surface area contributed by atoms with Crippen molar-refractivity contribution in [3.8, 4) is 0 Å². The second-order valence-corrected chi connectivity index (χ2v) is 6.80. The van der Waals surface area contributed by atoms with Crippen LogP contribution in [0.25, 0.3) is 0 Å². The summed E-state index contributed by atoms with van der Waals surface area (Å²) >= 11 is 0. The molecular formula is C16H27N3O3. The molecule has 0 aromatic carbocycles. The second kappa shape index (κ2) is 6.96. The largest absolute Gasteiger partial charge is 0.378 e. The number of hydrogen-bond acceptors (Lipinski definition) is 4. The van der Waals surface area contributed by atoms with E-state index in [1.807, 2.05) is 9.80 Å². The zero-order chi connectivity index (χ0) is 15.4. The van der Waals surface area contributed by atoms with Crippen molar-refractivity contribution in [3.05, 3.63) is 0 Å². The predicted molar refractivity (Wildman–Crippen MR) is 82.4 cm³/mol. The molecule has 3 fully saturated rings. The maximum absolute atomic E-state index is 12.3. The minimum absolute atomic E-state index is 0.0881. The van der Waals surface area contributed by atoms with Gasteiger partial charge in [0.05, 0.1) is 13.2 Å². The third kappa shape index (κ3) is 3.60. The molecule has 0 aliphatic carbocycles. The molecule has 3 aliphatic rings. The molecule has 0 atom stereocenters. The SMILES string of the molecule is O=C(CCC(=O)N1CCC2(CCNC2)CC1)N1CCOCC1. The summed E-state index contributed by atoms with van der Waals surface area (Å²) in [7, 11) is 0. The molecule has 6 heteroatoms. The Labute approximate surface area is 132 Å². The van der Waals surface area contributed by atoms with E-state index in [1.54, 1.807) is 0 Å². The summed E-state index contributed by atoms with van der Waals surface area (Å²) < 4.78 is 5.24. The van der Waals surface area contributed by atoms with Crippen LogP contribution in [0.2, 0.25) is 0 Å². The number of nitrogens with one attached hydrogen (secondary N) is 1. The molecule has 0 saturated carbocycles. The quantitative estimate of drug-likeness (QED) is 0.810. The van der Waals surface area contributed by atoms with Gasteiger partial charge in [0.15, 0.2) is 0 Å². The van der Waals surface area contributed by atoms with E-state index in [4.69, 9.17) is 4.74 Å². The average Bonchev–Trinajstić information content (AvgIpc) is 3.02. The Morgan fingerprint density at radius 3 is 2.05 bits per heavy atom. The zero-order valence-corrected chi connectivity index (χ0v) is 13.3. The van der Waals surface area contributed by atoms with Gasteiger partial charge in [-0.1, -0.05) is 0 Å². The minimum Gasteiger partial charge on any atom is -0.378 e. The van der Waals surface area contributed by atoms with Crippen LogP contribution in [-0.4, -0.2) is 74.1 Å². The molecule has 6 nitrogen and oxygen atoms in total. The standard InChI is InChI=1S/C16H27N3O3/c20-14(1-2-15(21)19-9-11-22-12-10-19)18-7-4-16(5-8-18)3-6-17-13-16/h17H,1-13H2. The highest BCUT2D eigenvalue weighted by Gasteiger charge is 2.37. The number of nitrogens with zero attached hydrogens (tertiary/aromatic N) is 2. The number of rotatable bonds is 3. The van der Waals surface area contributed by atoms with Crippen molar-refractivity contribution < 1.29 is 14.3 Å². The van der Waals surface area contributed by atoms with Crippen molar-refractivity contribution in [2.24, 2.45) is 5.41 Å². The van der Waals surface area contributed by atoms with Crippen molar-refractivity contribution in [1.29, 1.82) is 0 Å². The lowest BCUT2D eigenvalue weighted by atomic mass is 9.78. The van der Waals surface area contributed by atoms with Gasteiger partial charge in [-0.05, 0) is 31.2 Å². The van der Waals surface area contributed by atoms with E-state index >= 15 is 0 Å². The molecule has 1 N–H and O–H groups in total. The van der Waals surface area contributed by atoms with Crippen LogP contribution in [0.15, 0.2) is 0 Å². The van der Waals surface area contributed by atoms with Gasteiger partial charge in [0.25, 0.3) is 0 Å².